The van der Waals surface area contributed by atoms with Gasteiger partial charge in [-0.15, -0.1) is 0 Å². The van der Waals surface area contributed by atoms with Crippen LogP contribution in [0, 0.1) is 5.41 Å². The lowest BCUT2D eigenvalue weighted by atomic mass is 9.85. The van der Waals surface area contributed by atoms with Crippen LogP contribution in [0.5, 0.6) is 5.75 Å². The average molecular weight is 439 g/mol. The molecule has 2 aromatic carbocycles. The van der Waals surface area contributed by atoms with E-state index in [1.54, 1.807) is 24.3 Å². The average Bonchev–Trinajstić information content (AvgIpc) is 2.78. The van der Waals surface area contributed by atoms with E-state index in [-0.39, 0.29) is 11.9 Å². The van der Waals surface area contributed by atoms with Gasteiger partial charge in [0, 0.05) is 24.3 Å². The molecule has 1 aliphatic heterocycles. The van der Waals surface area contributed by atoms with Crippen LogP contribution in [0.1, 0.15) is 49.8 Å². The Morgan fingerprint density at radius 3 is 2.41 bits per heavy atom. The first-order chi connectivity index (χ1) is 15.3. The van der Waals surface area contributed by atoms with Gasteiger partial charge in [0.2, 0.25) is 0 Å². The van der Waals surface area contributed by atoms with Crippen molar-refractivity contribution in [2.24, 2.45) is 5.73 Å². The third-order valence-corrected chi connectivity index (χ3v) is 6.28. The summed E-state index contributed by atoms with van der Waals surface area (Å²) < 4.78 is 6.31. The maximum absolute atomic E-state index is 12.6. The zero-order valence-corrected chi connectivity index (χ0v) is 19.1. The second kappa shape index (κ2) is 10.0. The van der Waals surface area contributed by atoms with Crippen molar-refractivity contribution in [1.82, 2.24) is 4.90 Å². The van der Waals surface area contributed by atoms with Crippen LogP contribution >= 0.6 is 0 Å². The second-order valence-corrected chi connectivity index (χ2v) is 8.52. The number of likely N-dealkylation sites (tertiary alicyclic amines) is 1. The summed E-state index contributed by atoms with van der Waals surface area (Å²) in [7, 11) is 2.11. The van der Waals surface area contributed by atoms with E-state index < -0.39 is 11.5 Å². The molecular formula is C25H34N4O3. The number of carboxylic acids is 1. The fourth-order valence-corrected chi connectivity index (χ4v) is 4.15. The van der Waals surface area contributed by atoms with Crippen LogP contribution in [0.25, 0.3) is 0 Å². The number of nitrogens with zero attached hydrogens (tertiary/aromatic N) is 1. The molecule has 1 atom stereocenters. The van der Waals surface area contributed by atoms with E-state index in [1.165, 1.54) is 0 Å². The van der Waals surface area contributed by atoms with Crippen molar-refractivity contribution in [1.29, 1.82) is 5.41 Å². The summed E-state index contributed by atoms with van der Waals surface area (Å²) in [6.07, 6.45) is 3.18. The van der Waals surface area contributed by atoms with Crippen molar-refractivity contribution >= 4 is 17.5 Å². The Labute approximate surface area is 190 Å². The predicted molar refractivity (Wildman–Crippen MR) is 128 cm³/mol. The number of nitrogens with one attached hydrogen (secondary N) is 2. The minimum atomic E-state index is -1.31. The van der Waals surface area contributed by atoms with Gasteiger partial charge < -0.3 is 25.8 Å². The molecule has 0 bridgehead atoms. The molecule has 1 saturated heterocycles. The van der Waals surface area contributed by atoms with Crippen molar-refractivity contribution < 1.29 is 14.6 Å². The summed E-state index contributed by atoms with van der Waals surface area (Å²) in [5.41, 5.74) is 7.19. The first-order valence-corrected chi connectivity index (χ1v) is 11.2. The molecule has 1 aliphatic rings. The number of rotatable bonds is 9. The highest BCUT2D eigenvalue weighted by molar-refractivity contribution is 5.95. The molecular weight excluding hydrogens is 404 g/mol. The third kappa shape index (κ3) is 5.22. The third-order valence-electron chi connectivity index (χ3n) is 6.28. The normalized spacial score (nSPS) is 16.8. The molecule has 172 valence electrons. The van der Waals surface area contributed by atoms with E-state index >= 15 is 0 Å². The number of amidine groups is 1. The summed E-state index contributed by atoms with van der Waals surface area (Å²) in [5, 5.41) is 21.1. The Hall–Kier alpha value is -3.06. The molecule has 5 N–H and O–H groups in total. The number of hydrogen-bond acceptors (Lipinski definition) is 5. The molecule has 1 unspecified atom stereocenters. The van der Waals surface area contributed by atoms with Gasteiger partial charge in [-0.1, -0.05) is 19.9 Å². The van der Waals surface area contributed by atoms with Gasteiger partial charge >= 0.3 is 5.97 Å². The van der Waals surface area contributed by atoms with E-state index in [0.29, 0.717) is 23.2 Å². The number of ether oxygens (including phenoxy) is 1. The predicted octanol–water partition coefficient (Wildman–Crippen LogP) is 3.81. The Kier molecular flexibility index (Phi) is 7.40. The van der Waals surface area contributed by atoms with Gasteiger partial charge in [0.05, 0.1) is 0 Å². The van der Waals surface area contributed by atoms with Crippen LogP contribution < -0.4 is 15.8 Å². The molecule has 0 amide bonds. The highest BCUT2D eigenvalue weighted by Crippen LogP contribution is 2.34. The Balaban J connectivity index is 1.95. The van der Waals surface area contributed by atoms with Gasteiger partial charge in [-0.05, 0) is 80.3 Å². The SMILES string of the molecule is CCc1cc(OC2CCN(C)CC2)cc(C(CC)(Nc2ccc(C(=N)N)cc2)C(=O)O)c1. The number of nitrogen functional groups attached to an aromatic ring is 1. The number of aryl methyl sites for hydroxylation is 1. The van der Waals surface area contributed by atoms with Crippen molar-refractivity contribution in [2.75, 3.05) is 25.5 Å². The number of benzene rings is 2. The van der Waals surface area contributed by atoms with Gasteiger partial charge in [-0.25, -0.2) is 4.79 Å². The summed E-state index contributed by atoms with van der Waals surface area (Å²) >= 11 is 0. The summed E-state index contributed by atoms with van der Waals surface area (Å²) in [5.74, 6) is -0.251. The number of aliphatic carboxylic acids is 1. The van der Waals surface area contributed by atoms with E-state index in [0.717, 1.165) is 43.7 Å². The number of carboxylic acid groups (broad SMARTS) is 1. The van der Waals surface area contributed by atoms with Crippen LogP contribution in [0.4, 0.5) is 5.69 Å². The Morgan fingerprint density at radius 2 is 1.88 bits per heavy atom. The zero-order chi connectivity index (χ0) is 23.3. The van der Waals surface area contributed by atoms with Crippen molar-refractivity contribution in [2.45, 2.75) is 51.2 Å². The molecule has 0 aromatic heterocycles. The number of hydrogen-bond donors (Lipinski definition) is 4. The molecule has 7 nitrogen and oxygen atoms in total. The standard InChI is InChI=1S/C25H34N4O3/c1-4-17-14-19(16-22(15-17)32-21-10-12-29(3)13-11-21)25(5-2,24(30)31)28-20-8-6-18(7-9-20)23(26)27/h6-9,14-16,21,28H,4-5,10-13H2,1-3H3,(H3,26,27)(H,30,31). The van der Waals surface area contributed by atoms with Gasteiger partial charge in [0.25, 0.3) is 0 Å². The molecule has 2 aromatic rings. The van der Waals surface area contributed by atoms with Gasteiger partial charge in [-0.2, -0.15) is 0 Å². The maximum atomic E-state index is 12.6. The van der Waals surface area contributed by atoms with Gasteiger partial charge in [0.15, 0.2) is 5.54 Å². The number of carbonyl (C=O) groups is 1. The summed E-state index contributed by atoms with van der Waals surface area (Å²) in [6.45, 7) is 5.91. The highest BCUT2D eigenvalue weighted by atomic mass is 16.5. The van der Waals surface area contributed by atoms with Crippen LogP contribution in [0.15, 0.2) is 42.5 Å². The lowest BCUT2D eigenvalue weighted by Gasteiger charge is -2.33. The van der Waals surface area contributed by atoms with Crippen molar-refractivity contribution in [3.63, 3.8) is 0 Å². The second-order valence-electron chi connectivity index (χ2n) is 8.52. The number of piperidine rings is 1. The number of nitrogens with two attached hydrogens (primary N) is 1. The molecule has 0 spiro atoms. The molecule has 3 rings (SSSR count). The van der Waals surface area contributed by atoms with Crippen LogP contribution in [0.2, 0.25) is 0 Å². The summed E-state index contributed by atoms with van der Waals surface area (Å²) in [6, 6.07) is 12.8. The van der Waals surface area contributed by atoms with E-state index in [2.05, 4.69) is 24.2 Å². The molecule has 1 heterocycles. The van der Waals surface area contributed by atoms with Crippen molar-refractivity contribution in [3.05, 3.63) is 59.2 Å². The first-order valence-electron chi connectivity index (χ1n) is 11.2. The first kappa shape index (κ1) is 23.6. The van der Waals surface area contributed by atoms with Crippen molar-refractivity contribution in [3.8, 4) is 5.75 Å². The Bertz CT molecular complexity index is 952. The fraction of sp³-hybridized carbons (Fsp3) is 0.440. The Morgan fingerprint density at radius 1 is 1.22 bits per heavy atom. The van der Waals surface area contributed by atoms with Gasteiger partial charge in [0.1, 0.15) is 17.7 Å². The van der Waals surface area contributed by atoms with Crippen LogP contribution in [-0.2, 0) is 16.8 Å². The number of anilines is 1. The lowest BCUT2D eigenvalue weighted by Crippen LogP contribution is -2.43. The quantitative estimate of drug-likeness (QED) is 0.350. The largest absolute Gasteiger partial charge is 0.490 e. The molecule has 1 fully saturated rings. The molecule has 0 aliphatic carbocycles. The maximum Gasteiger partial charge on any atom is 0.334 e. The minimum Gasteiger partial charge on any atom is -0.490 e. The topological polar surface area (TPSA) is 112 Å². The molecule has 32 heavy (non-hydrogen) atoms. The smallest absolute Gasteiger partial charge is 0.334 e. The van der Waals surface area contributed by atoms with Gasteiger partial charge in [-0.3, -0.25) is 5.41 Å². The van der Waals surface area contributed by atoms with E-state index in [1.807, 2.05) is 25.1 Å². The zero-order valence-electron chi connectivity index (χ0n) is 19.1. The molecule has 0 saturated carbocycles. The fourth-order valence-electron chi connectivity index (χ4n) is 4.15. The van der Waals surface area contributed by atoms with Crippen LogP contribution in [-0.4, -0.2) is 48.1 Å². The minimum absolute atomic E-state index is 0.0251. The van der Waals surface area contributed by atoms with Crippen LogP contribution in [0.3, 0.4) is 0 Å². The molecule has 0 radical (unpaired) electrons. The molecule has 7 heteroatoms. The monoisotopic (exact) mass is 438 g/mol. The lowest BCUT2D eigenvalue weighted by molar-refractivity contribution is -0.142. The van der Waals surface area contributed by atoms with E-state index in [4.69, 9.17) is 15.9 Å². The van der Waals surface area contributed by atoms with E-state index in [9.17, 15) is 9.90 Å². The summed E-state index contributed by atoms with van der Waals surface area (Å²) in [4.78, 5) is 14.9. The highest BCUT2D eigenvalue weighted by Gasteiger charge is 2.39.